The number of esters is 3. The minimum Gasteiger partial charge on any atom is -0.462 e. The lowest BCUT2D eigenvalue weighted by molar-refractivity contribution is -0.167. The van der Waals surface area contributed by atoms with Crippen LogP contribution in [0.5, 0.6) is 0 Å². The fraction of sp³-hybridized carbons (Fsp3) is 0.880. The molecule has 1 atom stereocenters. The van der Waals surface area contributed by atoms with E-state index in [1.54, 1.807) is 0 Å². The van der Waals surface area contributed by atoms with Gasteiger partial charge >= 0.3 is 17.9 Å². The van der Waals surface area contributed by atoms with Crippen molar-refractivity contribution in [1.29, 1.82) is 0 Å². The molecule has 0 aromatic heterocycles. The monoisotopic (exact) mass is 1140 g/mol. The van der Waals surface area contributed by atoms with Gasteiger partial charge in [-0.3, -0.25) is 14.4 Å². The van der Waals surface area contributed by atoms with Crippen LogP contribution in [0.15, 0.2) is 36.5 Å². The summed E-state index contributed by atoms with van der Waals surface area (Å²) in [4.78, 5) is 38.5. The largest absolute Gasteiger partial charge is 0.462 e. The Morgan fingerprint density at radius 2 is 0.407 bits per heavy atom. The molecule has 0 aliphatic rings. The van der Waals surface area contributed by atoms with Gasteiger partial charge in [-0.1, -0.05) is 327 Å². The highest BCUT2D eigenvalue weighted by Crippen LogP contribution is 2.18. The average Bonchev–Trinajstić information content (AvgIpc) is 3.47. The minimum atomic E-state index is -0.776. The second-order valence-electron chi connectivity index (χ2n) is 24.8. The summed E-state index contributed by atoms with van der Waals surface area (Å²) < 4.78 is 17.0. The maximum absolute atomic E-state index is 13.0. The summed E-state index contributed by atoms with van der Waals surface area (Å²) in [5.74, 6) is -0.853. The van der Waals surface area contributed by atoms with Crippen molar-refractivity contribution in [2.45, 2.75) is 412 Å². The number of carbonyl (C=O) groups excluding carboxylic acids is 3. The first kappa shape index (κ1) is 78.6. The molecular weight excluding hydrogens is 997 g/mol. The summed E-state index contributed by atoms with van der Waals surface area (Å²) in [5.41, 5.74) is 0. The molecule has 0 saturated heterocycles. The Balaban J connectivity index is 4.25. The molecule has 0 aliphatic heterocycles. The van der Waals surface area contributed by atoms with Crippen LogP contribution in [0.1, 0.15) is 406 Å². The molecule has 0 amide bonds. The van der Waals surface area contributed by atoms with E-state index < -0.39 is 6.10 Å². The SMILES string of the molecule is CCCCCCCC/C=C\CCCCCCCC(=O)OCC(COC(=O)CCCCCCCCCCCCCCCCC/C=C\CCCCCCCCCC)OC(=O)CCCCCCCCCCC/C=C\CCCCCCCCCC. The Morgan fingerprint density at radius 3 is 0.617 bits per heavy atom. The Labute approximate surface area is 506 Å². The number of hydrogen-bond donors (Lipinski definition) is 0. The van der Waals surface area contributed by atoms with Gasteiger partial charge in [0.2, 0.25) is 0 Å². The van der Waals surface area contributed by atoms with Gasteiger partial charge < -0.3 is 14.2 Å². The van der Waals surface area contributed by atoms with E-state index >= 15 is 0 Å². The molecule has 6 nitrogen and oxygen atoms in total. The molecule has 6 heteroatoms. The summed E-state index contributed by atoms with van der Waals surface area (Å²) in [5, 5.41) is 0. The van der Waals surface area contributed by atoms with Crippen molar-refractivity contribution in [2.24, 2.45) is 0 Å². The number of allylic oxidation sites excluding steroid dienone is 6. The third-order valence-corrected chi connectivity index (χ3v) is 16.6. The zero-order chi connectivity index (χ0) is 58.5. The van der Waals surface area contributed by atoms with Crippen molar-refractivity contribution in [3.8, 4) is 0 Å². The summed E-state index contributed by atoms with van der Waals surface area (Å²) in [7, 11) is 0. The normalized spacial score (nSPS) is 12.2. The first-order chi connectivity index (χ1) is 40.0. The van der Waals surface area contributed by atoms with Crippen LogP contribution in [-0.4, -0.2) is 37.2 Å². The fourth-order valence-electron chi connectivity index (χ4n) is 11.1. The predicted octanol–water partition coefficient (Wildman–Crippen LogP) is 25.1. The van der Waals surface area contributed by atoms with Crippen molar-refractivity contribution < 1.29 is 28.6 Å². The highest BCUT2D eigenvalue weighted by molar-refractivity contribution is 5.71. The van der Waals surface area contributed by atoms with Crippen LogP contribution in [0.4, 0.5) is 0 Å². The Hall–Kier alpha value is -2.37. The lowest BCUT2D eigenvalue weighted by Crippen LogP contribution is -2.30. The van der Waals surface area contributed by atoms with E-state index in [0.29, 0.717) is 19.3 Å². The molecule has 1 unspecified atom stereocenters. The first-order valence-electron chi connectivity index (χ1n) is 36.5. The number of carbonyl (C=O) groups is 3. The average molecular weight is 1140 g/mol. The van der Waals surface area contributed by atoms with Gasteiger partial charge in [-0.2, -0.15) is 0 Å². The zero-order valence-corrected chi connectivity index (χ0v) is 54.8. The maximum Gasteiger partial charge on any atom is 0.306 e. The summed E-state index contributed by atoms with van der Waals surface area (Å²) in [6, 6.07) is 0. The lowest BCUT2D eigenvalue weighted by Gasteiger charge is -2.18. The molecule has 0 saturated carbocycles. The van der Waals surface area contributed by atoms with Gasteiger partial charge in [0.05, 0.1) is 0 Å². The van der Waals surface area contributed by atoms with Crippen molar-refractivity contribution in [3.05, 3.63) is 36.5 Å². The van der Waals surface area contributed by atoms with E-state index in [1.807, 2.05) is 0 Å². The Kier molecular flexibility index (Phi) is 68.1. The fourth-order valence-corrected chi connectivity index (χ4v) is 11.1. The molecule has 0 spiro atoms. The Bertz CT molecular complexity index is 1350. The highest BCUT2D eigenvalue weighted by atomic mass is 16.6. The molecule has 0 radical (unpaired) electrons. The molecular formula is C75H140O6. The van der Waals surface area contributed by atoms with Crippen LogP contribution in [0.2, 0.25) is 0 Å². The van der Waals surface area contributed by atoms with Crippen molar-refractivity contribution in [3.63, 3.8) is 0 Å². The molecule has 0 aromatic rings. The van der Waals surface area contributed by atoms with Gasteiger partial charge in [-0.05, 0) is 96.3 Å². The second-order valence-corrected chi connectivity index (χ2v) is 24.8. The molecule has 0 rings (SSSR count). The standard InChI is InChI=1S/C75H140O6/c1-4-7-10-13-16-19-22-25-28-30-32-34-35-36-37-38-39-41-42-44-47-50-53-56-59-62-65-68-74(77)80-71-72(70-79-73(76)67-64-61-58-55-52-49-46-27-24-21-18-15-12-9-6-3)81-75(78)69-66-63-60-57-54-51-48-45-43-40-33-31-29-26-23-20-17-14-11-8-5-2/h27,30-33,46,72H,4-26,28-29,34-45,47-71H2,1-3H3/b32-30-,33-31-,46-27-. The van der Waals surface area contributed by atoms with Crippen molar-refractivity contribution in [2.75, 3.05) is 13.2 Å². The molecule has 81 heavy (non-hydrogen) atoms. The smallest absolute Gasteiger partial charge is 0.306 e. The topological polar surface area (TPSA) is 78.9 Å². The van der Waals surface area contributed by atoms with E-state index in [0.717, 1.165) is 64.2 Å². The molecule has 0 fully saturated rings. The van der Waals surface area contributed by atoms with Crippen LogP contribution in [0, 0.1) is 0 Å². The van der Waals surface area contributed by atoms with Crippen LogP contribution in [-0.2, 0) is 28.6 Å². The van der Waals surface area contributed by atoms with Crippen LogP contribution in [0.3, 0.4) is 0 Å². The summed E-state index contributed by atoms with van der Waals surface area (Å²) in [6.07, 6.45) is 87.5. The summed E-state index contributed by atoms with van der Waals surface area (Å²) in [6.45, 7) is 6.70. The molecule has 0 heterocycles. The Morgan fingerprint density at radius 1 is 0.235 bits per heavy atom. The number of rotatable bonds is 68. The molecule has 476 valence electrons. The van der Waals surface area contributed by atoms with Gasteiger partial charge in [0, 0.05) is 19.3 Å². The third kappa shape index (κ3) is 68.3. The number of hydrogen-bond acceptors (Lipinski definition) is 6. The van der Waals surface area contributed by atoms with Crippen molar-refractivity contribution >= 4 is 17.9 Å². The number of ether oxygens (including phenoxy) is 3. The molecule has 0 bridgehead atoms. The van der Waals surface area contributed by atoms with Crippen LogP contribution in [0.25, 0.3) is 0 Å². The van der Waals surface area contributed by atoms with E-state index in [2.05, 4.69) is 57.2 Å². The van der Waals surface area contributed by atoms with E-state index in [-0.39, 0.29) is 31.1 Å². The van der Waals surface area contributed by atoms with Crippen LogP contribution >= 0.6 is 0 Å². The van der Waals surface area contributed by atoms with Gasteiger partial charge in [-0.15, -0.1) is 0 Å². The van der Waals surface area contributed by atoms with Gasteiger partial charge in [0.1, 0.15) is 13.2 Å². The molecule has 0 N–H and O–H groups in total. The zero-order valence-electron chi connectivity index (χ0n) is 54.8. The van der Waals surface area contributed by atoms with Crippen molar-refractivity contribution in [1.82, 2.24) is 0 Å². The highest BCUT2D eigenvalue weighted by Gasteiger charge is 2.19. The minimum absolute atomic E-state index is 0.0713. The predicted molar refractivity (Wildman–Crippen MR) is 353 cm³/mol. The third-order valence-electron chi connectivity index (χ3n) is 16.6. The molecule has 0 aliphatic carbocycles. The quantitative estimate of drug-likeness (QED) is 0.0261. The lowest BCUT2D eigenvalue weighted by atomic mass is 10.0. The van der Waals surface area contributed by atoms with Crippen LogP contribution < -0.4 is 0 Å². The van der Waals surface area contributed by atoms with Gasteiger partial charge in [-0.25, -0.2) is 0 Å². The van der Waals surface area contributed by atoms with Gasteiger partial charge in [0.25, 0.3) is 0 Å². The van der Waals surface area contributed by atoms with E-state index in [1.165, 1.54) is 302 Å². The summed E-state index contributed by atoms with van der Waals surface area (Å²) >= 11 is 0. The van der Waals surface area contributed by atoms with E-state index in [9.17, 15) is 14.4 Å². The second kappa shape index (κ2) is 70.1. The number of unbranched alkanes of at least 4 members (excludes halogenated alkanes) is 51. The maximum atomic E-state index is 13.0. The first-order valence-corrected chi connectivity index (χ1v) is 36.5. The van der Waals surface area contributed by atoms with Gasteiger partial charge in [0.15, 0.2) is 6.10 Å². The van der Waals surface area contributed by atoms with E-state index in [4.69, 9.17) is 14.2 Å². The molecule has 0 aromatic carbocycles.